The Morgan fingerprint density at radius 1 is 1.41 bits per heavy atom. The van der Waals surface area contributed by atoms with Crippen LogP contribution in [-0.4, -0.2) is 31.0 Å². The van der Waals surface area contributed by atoms with Crippen molar-refractivity contribution < 1.29 is 9.53 Å². The standard InChI is InChI=1S/C13H24N2O2/c1-4-7-11(10(5-2)6-3)17-13(16)12-14-8-9-15-12/h10-11H,4-9H2,1-3H3,(H,14,15). The van der Waals surface area contributed by atoms with Crippen molar-refractivity contribution in [2.75, 3.05) is 13.1 Å². The minimum absolute atomic E-state index is 0.0348. The van der Waals surface area contributed by atoms with Crippen LogP contribution < -0.4 is 5.32 Å². The summed E-state index contributed by atoms with van der Waals surface area (Å²) in [5.41, 5.74) is 0. The smallest absolute Gasteiger partial charge is 0.373 e. The van der Waals surface area contributed by atoms with Crippen LogP contribution in [0.4, 0.5) is 0 Å². The first-order valence-electron chi connectivity index (χ1n) is 6.72. The van der Waals surface area contributed by atoms with Crippen molar-refractivity contribution in [3.63, 3.8) is 0 Å². The average Bonchev–Trinajstić information content (AvgIpc) is 2.84. The van der Waals surface area contributed by atoms with Gasteiger partial charge in [0.2, 0.25) is 5.84 Å². The highest BCUT2D eigenvalue weighted by atomic mass is 16.5. The lowest BCUT2D eigenvalue weighted by molar-refractivity contribution is -0.144. The van der Waals surface area contributed by atoms with Gasteiger partial charge in [0.15, 0.2) is 0 Å². The summed E-state index contributed by atoms with van der Waals surface area (Å²) in [4.78, 5) is 15.9. The number of carbonyl (C=O) groups excluding carboxylic acids is 1. The lowest BCUT2D eigenvalue weighted by Gasteiger charge is -2.25. The summed E-state index contributed by atoms with van der Waals surface area (Å²) in [5, 5.41) is 2.95. The van der Waals surface area contributed by atoms with E-state index in [-0.39, 0.29) is 12.1 Å². The van der Waals surface area contributed by atoms with Gasteiger partial charge in [-0.3, -0.25) is 4.99 Å². The Labute approximate surface area is 104 Å². The molecule has 4 nitrogen and oxygen atoms in total. The number of ether oxygens (including phenoxy) is 1. The van der Waals surface area contributed by atoms with Crippen LogP contribution in [0.15, 0.2) is 4.99 Å². The first-order chi connectivity index (χ1) is 8.22. The van der Waals surface area contributed by atoms with Gasteiger partial charge in [0, 0.05) is 6.54 Å². The zero-order valence-electron chi connectivity index (χ0n) is 11.2. The van der Waals surface area contributed by atoms with Gasteiger partial charge in [-0.1, -0.05) is 27.2 Å². The maximum absolute atomic E-state index is 11.9. The minimum atomic E-state index is -0.284. The molecule has 0 aromatic heterocycles. The molecule has 1 aliphatic heterocycles. The average molecular weight is 240 g/mol. The van der Waals surface area contributed by atoms with Gasteiger partial charge in [0.25, 0.3) is 0 Å². The zero-order chi connectivity index (χ0) is 12.7. The van der Waals surface area contributed by atoms with Crippen molar-refractivity contribution in [3.8, 4) is 0 Å². The van der Waals surface area contributed by atoms with Crippen molar-refractivity contribution in [2.45, 2.75) is 52.6 Å². The molecular weight excluding hydrogens is 216 g/mol. The van der Waals surface area contributed by atoms with Gasteiger partial charge < -0.3 is 10.1 Å². The van der Waals surface area contributed by atoms with Crippen molar-refractivity contribution in [1.82, 2.24) is 5.32 Å². The van der Waals surface area contributed by atoms with Crippen molar-refractivity contribution >= 4 is 11.8 Å². The molecule has 0 saturated carbocycles. The first kappa shape index (κ1) is 14.0. The minimum Gasteiger partial charge on any atom is -0.456 e. The number of rotatable bonds is 7. The molecule has 1 heterocycles. The fourth-order valence-electron chi connectivity index (χ4n) is 2.22. The van der Waals surface area contributed by atoms with E-state index in [1.54, 1.807) is 0 Å². The summed E-state index contributed by atoms with van der Waals surface area (Å²) in [6.45, 7) is 7.84. The first-order valence-corrected chi connectivity index (χ1v) is 6.72. The van der Waals surface area contributed by atoms with Gasteiger partial charge in [0.1, 0.15) is 6.10 Å². The van der Waals surface area contributed by atoms with Crippen LogP contribution in [0.25, 0.3) is 0 Å². The normalized spacial score (nSPS) is 16.6. The largest absolute Gasteiger partial charge is 0.456 e. The summed E-state index contributed by atoms with van der Waals surface area (Å²) in [5.74, 6) is 0.575. The van der Waals surface area contributed by atoms with Crippen LogP contribution in [0, 0.1) is 5.92 Å². The van der Waals surface area contributed by atoms with Gasteiger partial charge in [-0.05, 0) is 25.2 Å². The number of nitrogens with one attached hydrogen (secondary N) is 1. The molecule has 0 radical (unpaired) electrons. The van der Waals surface area contributed by atoms with E-state index in [0.717, 1.165) is 32.2 Å². The van der Waals surface area contributed by atoms with E-state index < -0.39 is 0 Å². The molecule has 1 rings (SSSR count). The van der Waals surface area contributed by atoms with Crippen LogP contribution in [-0.2, 0) is 9.53 Å². The third-order valence-corrected chi connectivity index (χ3v) is 3.27. The number of carbonyl (C=O) groups is 1. The van der Waals surface area contributed by atoms with E-state index in [4.69, 9.17) is 4.74 Å². The predicted molar refractivity (Wildman–Crippen MR) is 69.2 cm³/mol. The molecule has 0 amide bonds. The maximum atomic E-state index is 11.9. The lowest BCUT2D eigenvalue weighted by Crippen LogP contribution is -2.34. The summed E-state index contributed by atoms with van der Waals surface area (Å²) in [6.07, 6.45) is 4.11. The zero-order valence-corrected chi connectivity index (χ0v) is 11.2. The van der Waals surface area contributed by atoms with E-state index in [2.05, 4.69) is 31.1 Å². The number of hydrogen-bond donors (Lipinski definition) is 1. The molecular formula is C13H24N2O2. The van der Waals surface area contributed by atoms with Gasteiger partial charge in [-0.2, -0.15) is 0 Å². The second-order valence-electron chi connectivity index (χ2n) is 4.47. The Kier molecular flexibility index (Phi) is 6.01. The molecule has 1 N–H and O–H groups in total. The Bertz CT molecular complexity index is 273. The number of nitrogens with zero attached hydrogens (tertiary/aromatic N) is 1. The van der Waals surface area contributed by atoms with Crippen molar-refractivity contribution in [1.29, 1.82) is 0 Å². The maximum Gasteiger partial charge on any atom is 0.373 e. The molecule has 1 aliphatic rings. The van der Waals surface area contributed by atoms with Gasteiger partial charge >= 0.3 is 5.97 Å². The lowest BCUT2D eigenvalue weighted by atomic mass is 9.93. The van der Waals surface area contributed by atoms with Crippen molar-refractivity contribution in [2.24, 2.45) is 10.9 Å². The SMILES string of the molecule is CCCC(OC(=O)C1=NCCN1)C(CC)CC. The molecule has 1 atom stereocenters. The number of aliphatic imine (C=N–C) groups is 1. The van der Waals surface area contributed by atoms with Crippen LogP contribution in [0.1, 0.15) is 46.5 Å². The molecule has 1 unspecified atom stereocenters. The summed E-state index contributed by atoms with van der Waals surface area (Å²) in [7, 11) is 0. The molecule has 0 saturated heterocycles. The monoisotopic (exact) mass is 240 g/mol. The molecule has 0 spiro atoms. The highest BCUT2D eigenvalue weighted by Crippen LogP contribution is 2.20. The summed E-state index contributed by atoms with van der Waals surface area (Å²) >= 11 is 0. The molecule has 0 fully saturated rings. The summed E-state index contributed by atoms with van der Waals surface area (Å²) in [6, 6.07) is 0. The number of hydrogen-bond acceptors (Lipinski definition) is 4. The Balaban J connectivity index is 2.55. The second-order valence-corrected chi connectivity index (χ2v) is 4.47. The fraction of sp³-hybridized carbons (Fsp3) is 0.846. The van der Waals surface area contributed by atoms with E-state index in [9.17, 15) is 4.79 Å². The van der Waals surface area contributed by atoms with Crippen LogP contribution >= 0.6 is 0 Å². The fourth-order valence-corrected chi connectivity index (χ4v) is 2.22. The molecule has 0 bridgehead atoms. The van der Waals surface area contributed by atoms with Crippen LogP contribution in [0.2, 0.25) is 0 Å². The van der Waals surface area contributed by atoms with E-state index >= 15 is 0 Å². The van der Waals surface area contributed by atoms with E-state index in [1.807, 2.05) is 0 Å². The van der Waals surface area contributed by atoms with Gasteiger partial charge in [0.05, 0.1) is 6.54 Å². The molecule has 17 heavy (non-hydrogen) atoms. The Morgan fingerprint density at radius 2 is 2.12 bits per heavy atom. The van der Waals surface area contributed by atoms with Crippen LogP contribution in [0.5, 0.6) is 0 Å². The Morgan fingerprint density at radius 3 is 2.59 bits per heavy atom. The third kappa shape index (κ3) is 4.02. The molecule has 98 valence electrons. The van der Waals surface area contributed by atoms with Gasteiger partial charge in [-0.15, -0.1) is 0 Å². The third-order valence-electron chi connectivity index (χ3n) is 3.27. The predicted octanol–water partition coefficient (Wildman–Crippen LogP) is 2.14. The number of amidine groups is 1. The topological polar surface area (TPSA) is 50.7 Å². The van der Waals surface area contributed by atoms with E-state index in [0.29, 0.717) is 18.3 Å². The Hall–Kier alpha value is -1.06. The quantitative estimate of drug-likeness (QED) is 0.694. The van der Waals surface area contributed by atoms with E-state index in [1.165, 1.54) is 0 Å². The molecule has 4 heteroatoms. The van der Waals surface area contributed by atoms with Crippen LogP contribution in [0.3, 0.4) is 0 Å². The summed E-state index contributed by atoms with van der Waals surface area (Å²) < 4.78 is 5.59. The molecule has 0 aliphatic carbocycles. The molecule has 0 aromatic rings. The second kappa shape index (κ2) is 7.30. The highest BCUT2D eigenvalue weighted by molar-refractivity contribution is 6.35. The molecule has 0 aromatic carbocycles. The van der Waals surface area contributed by atoms with Gasteiger partial charge in [-0.25, -0.2) is 4.79 Å². The van der Waals surface area contributed by atoms with Crippen molar-refractivity contribution in [3.05, 3.63) is 0 Å². The highest BCUT2D eigenvalue weighted by Gasteiger charge is 2.25. The number of esters is 1.